The molecule has 142 valence electrons. The molecule has 1 amide bonds. The van der Waals surface area contributed by atoms with Crippen molar-refractivity contribution in [2.24, 2.45) is 0 Å². The van der Waals surface area contributed by atoms with Crippen molar-refractivity contribution >= 4 is 28.8 Å². The molecule has 0 bridgehead atoms. The van der Waals surface area contributed by atoms with Crippen molar-refractivity contribution in [3.05, 3.63) is 75.8 Å². The molecule has 5 nitrogen and oxygen atoms in total. The number of amides is 1. The van der Waals surface area contributed by atoms with Gasteiger partial charge in [-0.3, -0.25) is 4.79 Å². The third kappa shape index (κ3) is 4.35. The fraction of sp³-hybridized carbons (Fsp3) is 0.250. The summed E-state index contributed by atoms with van der Waals surface area (Å²) in [6.07, 6.45) is 2.96. The average Bonchev–Trinajstić information content (AvgIpc) is 3.35. The summed E-state index contributed by atoms with van der Waals surface area (Å²) < 4.78 is 10.9. The lowest BCUT2D eigenvalue weighted by atomic mass is 9.94. The molecule has 2 N–H and O–H groups in total. The zero-order chi connectivity index (χ0) is 19.5. The first-order valence-electron chi connectivity index (χ1n) is 8.33. The molecule has 0 aliphatic rings. The van der Waals surface area contributed by atoms with Crippen LogP contribution in [0, 0.1) is 0 Å². The molecule has 0 radical (unpaired) electrons. The van der Waals surface area contributed by atoms with E-state index in [1.165, 1.54) is 23.9 Å². The summed E-state index contributed by atoms with van der Waals surface area (Å²) in [6, 6.07) is 12.1. The zero-order valence-electron chi connectivity index (χ0n) is 14.9. The van der Waals surface area contributed by atoms with Crippen LogP contribution in [0.3, 0.4) is 0 Å². The summed E-state index contributed by atoms with van der Waals surface area (Å²) in [5, 5.41) is 16.5. The molecule has 2 heterocycles. The molecule has 0 aliphatic heterocycles. The van der Waals surface area contributed by atoms with Crippen molar-refractivity contribution in [3.63, 3.8) is 0 Å². The maximum Gasteiger partial charge on any atom is 0.263 e. The van der Waals surface area contributed by atoms with Gasteiger partial charge in [0, 0.05) is 15.5 Å². The molecule has 0 saturated carbocycles. The quantitative estimate of drug-likeness (QED) is 0.617. The Morgan fingerprint density at radius 1 is 1.26 bits per heavy atom. The maximum absolute atomic E-state index is 12.7. The van der Waals surface area contributed by atoms with Crippen molar-refractivity contribution in [1.29, 1.82) is 0 Å². The standard InChI is InChI=1S/C20H20ClNO4S/c1-19(2,26-16-7-5-15(21)6-8-16)18(23)22-13-20(24,14-9-10-25-12-14)17-4-3-11-27-17/h3-12,24H,13H2,1-2H3,(H,22,23)/t20-/m1/s1. The Morgan fingerprint density at radius 2 is 2.00 bits per heavy atom. The van der Waals surface area contributed by atoms with Crippen molar-refractivity contribution in [3.8, 4) is 5.75 Å². The van der Waals surface area contributed by atoms with E-state index in [-0.39, 0.29) is 12.5 Å². The van der Waals surface area contributed by atoms with E-state index in [4.69, 9.17) is 20.8 Å². The van der Waals surface area contributed by atoms with Gasteiger partial charge in [0.05, 0.1) is 19.1 Å². The van der Waals surface area contributed by atoms with Crippen molar-refractivity contribution < 1.29 is 19.1 Å². The topological polar surface area (TPSA) is 71.7 Å². The highest BCUT2D eigenvalue weighted by Crippen LogP contribution is 2.33. The number of rotatable bonds is 7. The van der Waals surface area contributed by atoms with Gasteiger partial charge in [-0.25, -0.2) is 0 Å². The Bertz CT molecular complexity index is 839. The number of hydrogen-bond donors (Lipinski definition) is 2. The van der Waals surface area contributed by atoms with Gasteiger partial charge in [0.1, 0.15) is 11.4 Å². The van der Waals surface area contributed by atoms with Gasteiger partial charge >= 0.3 is 0 Å². The minimum Gasteiger partial charge on any atom is -0.478 e. The molecule has 3 aromatic rings. The van der Waals surface area contributed by atoms with E-state index >= 15 is 0 Å². The van der Waals surface area contributed by atoms with Crippen LogP contribution in [0.15, 0.2) is 64.8 Å². The Morgan fingerprint density at radius 3 is 2.59 bits per heavy atom. The van der Waals surface area contributed by atoms with Crippen LogP contribution in [0.4, 0.5) is 0 Å². The zero-order valence-corrected chi connectivity index (χ0v) is 16.5. The average molecular weight is 406 g/mol. The van der Waals surface area contributed by atoms with Crippen LogP contribution in [-0.4, -0.2) is 23.2 Å². The van der Waals surface area contributed by atoms with Crippen LogP contribution in [-0.2, 0) is 10.4 Å². The first kappa shape index (κ1) is 19.5. The smallest absolute Gasteiger partial charge is 0.263 e. The van der Waals surface area contributed by atoms with Gasteiger partial charge < -0.3 is 19.6 Å². The molecule has 2 aromatic heterocycles. The first-order valence-corrected chi connectivity index (χ1v) is 9.59. The van der Waals surface area contributed by atoms with Crippen LogP contribution in [0.1, 0.15) is 24.3 Å². The Kier molecular flexibility index (Phi) is 5.60. The summed E-state index contributed by atoms with van der Waals surface area (Å²) in [4.78, 5) is 13.4. The fourth-order valence-corrected chi connectivity index (χ4v) is 3.58. The number of carbonyl (C=O) groups excluding carboxylic acids is 1. The second-order valence-electron chi connectivity index (χ2n) is 6.60. The normalized spacial score (nSPS) is 13.8. The molecule has 0 fully saturated rings. The number of carbonyl (C=O) groups is 1. The predicted octanol–water partition coefficient (Wildman–Crippen LogP) is 4.20. The highest BCUT2D eigenvalue weighted by atomic mass is 35.5. The fourth-order valence-electron chi connectivity index (χ4n) is 2.61. The maximum atomic E-state index is 12.7. The van der Waals surface area contributed by atoms with Gasteiger partial charge in [0.2, 0.25) is 0 Å². The van der Waals surface area contributed by atoms with E-state index in [9.17, 15) is 9.90 Å². The van der Waals surface area contributed by atoms with Crippen LogP contribution in [0.2, 0.25) is 5.02 Å². The summed E-state index contributed by atoms with van der Waals surface area (Å²) in [6.45, 7) is 3.32. The molecule has 27 heavy (non-hydrogen) atoms. The van der Waals surface area contributed by atoms with Gasteiger partial charge in [0.25, 0.3) is 5.91 Å². The van der Waals surface area contributed by atoms with Crippen molar-refractivity contribution in [1.82, 2.24) is 5.32 Å². The molecule has 1 atom stereocenters. The molecular formula is C20H20ClNO4S. The van der Waals surface area contributed by atoms with Crippen LogP contribution in [0.5, 0.6) is 5.75 Å². The second-order valence-corrected chi connectivity index (χ2v) is 7.98. The van der Waals surface area contributed by atoms with Crippen LogP contribution in [0.25, 0.3) is 0 Å². The third-order valence-corrected chi connectivity index (χ3v) is 5.44. The van der Waals surface area contributed by atoms with Crippen LogP contribution >= 0.6 is 22.9 Å². The molecule has 7 heteroatoms. The number of benzene rings is 1. The minimum atomic E-state index is -1.38. The number of ether oxygens (including phenoxy) is 1. The minimum absolute atomic E-state index is 0.0146. The van der Waals surface area contributed by atoms with Gasteiger partial charge in [-0.1, -0.05) is 17.7 Å². The Hall–Kier alpha value is -2.28. The number of halogens is 1. The van der Waals surface area contributed by atoms with E-state index in [0.29, 0.717) is 21.2 Å². The predicted molar refractivity (Wildman–Crippen MR) is 105 cm³/mol. The summed E-state index contributed by atoms with van der Waals surface area (Å²) in [7, 11) is 0. The van der Waals surface area contributed by atoms with E-state index in [1.54, 1.807) is 44.2 Å². The molecule has 0 unspecified atom stereocenters. The van der Waals surface area contributed by atoms with Crippen LogP contribution < -0.4 is 10.1 Å². The van der Waals surface area contributed by atoms with Gasteiger partial charge in [-0.05, 0) is 55.6 Å². The monoisotopic (exact) mass is 405 g/mol. The van der Waals surface area contributed by atoms with E-state index in [2.05, 4.69) is 5.32 Å². The third-order valence-electron chi connectivity index (χ3n) is 4.17. The lowest BCUT2D eigenvalue weighted by molar-refractivity contribution is -0.135. The molecule has 1 aromatic carbocycles. The highest BCUT2D eigenvalue weighted by molar-refractivity contribution is 7.10. The van der Waals surface area contributed by atoms with Gasteiger partial charge in [-0.2, -0.15) is 0 Å². The SMILES string of the molecule is CC(C)(Oc1ccc(Cl)cc1)C(=O)NC[C@@](O)(c1ccoc1)c1cccs1. The Labute approximate surface area is 166 Å². The van der Waals surface area contributed by atoms with Gasteiger partial charge in [-0.15, -0.1) is 11.3 Å². The second kappa shape index (κ2) is 7.76. The number of aliphatic hydroxyl groups is 1. The summed E-state index contributed by atoms with van der Waals surface area (Å²) in [5.74, 6) is 0.179. The largest absolute Gasteiger partial charge is 0.478 e. The Balaban J connectivity index is 1.73. The molecule has 0 aliphatic carbocycles. The number of thiophene rings is 1. The van der Waals surface area contributed by atoms with Crippen molar-refractivity contribution in [2.45, 2.75) is 25.0 Å². The summed E-state index contributed by atoms with van der Waals surface area (Å²) >= 11 is 7.28. The lowest BCUT2D eigenvalue weighted by Gasteiger charge is -2.30. The lowest BCUT2D eigenvalue weighted by Crippen LogP contribution is -2.50. The van der Waals surface area contributed by atoms with E-state index in [0.717, 1.165) is 0 Å². The van der Waals surface area contributed by atoms with Gasteiger partial charge in [0.15, 0.2) is 5.60 Å². The molecule has 0 spiro atoms. The number of hydrogen-bond acceptors (Lipinski definition) is 5. The first-order chi connectivity index (χ1) is 12.8. The number of furan rings is 1. The molecule has 0 saturated heterocycles. The number of nitrogens with one attached hydrogen (secondary N) is 1. The molecular weight excluding hydrogens is 386 g/mol. The summed E-state index contributed by atoms with van der Waals surface area (Å²) in [5.41, 5.74) is -1.95. The highest BCUT2D eigenvalue weighted by Gasteiger charge is 2.37. The molecule has 3 rings (SSSR count). The van der Waals surface area contributed by atoms with Crippen molar-refractivity contribution in [2.75, 3.05) is 6.54 Å². The van der Waals surface area contributed by atoms with E-state index in [1.807, 2.05) is 17.5 Å². The van der Waals surface area contributed by atoms with E-state index < -0.39 is 11.2 Å².